The third kappa shape index (κ3) is 4.94. The number of benzene rings is 2. The summed E-state index contributed by atoms with van der Waals surface area (Å²) >= 11 is 0. The molecule has 3 rings (SSSR count). The zero-order valence-electron chi connectivity index (χ0n) is 15.8. The van der Waals surface area contributed by atoms with E-state index in [-0.39, 0.29) is 17.7 Å². The number of hydrogen-bond acceptors (Lipinski definition) is 4. The van der Waals surface area contributed by atoms with Crippen LogP contribution in [0.15, 0.2) is 53.6 Å². The number of nitrogens with zero attached hydrogens (tertiary/aromatic N) is 2. The molecule has 0 atom stereocenters. The predicted octanol–water partition coefficient (Wildman–Crippen LogP) is 3.26. The van der Waals surface area contributed by atoms with Crippen LogP contribution in [0.3, 0.4) is 0 Å². The zero-order chi connectivity index (χ0) is 19.4. The maximum atomic E-state index is 12.2. The fourth-order valence-corrected chi connectivity index (χ4v) is 2.56. The number of hydrazone groups is 1. The van der Waals surface area contributed by atoms with Gasteiger partial charge in [0.2, 0.25) is 5.91 Å². The molecule has 0 heterocycles. The summed E-state index contributed by atoms with van der Waals surface area (Å²) in [5.74, 6) is 0.00337. The monoisotopic (exact) mass is 364 g/mol. The van der Waals surface area contributed by atoms with Crippen molar-refractivity contribution in [2.24, 2.45) is 11.0 Å². The van der Waals surface area contributed by atoms with Gasteiger partial charge in [0.25, 0.3) is 5.91 Å². The van der Waals surface area contributed by atoms with Crippen molar-refractivity contribution < 1.29 is 9.59 Å². The highest BCUT2D eigenvalue weighted by molar-refractivity contribution is 6.01. The van der Waals surface area contributed by atoms with E-state index in [0.717, 1.165) is 29.8 Å². The molecule has 0 bridgehead atoms. The number of rotatable bonds is 6. The van der Waals surface area contributed by atoms with Crippen LogP contribution in [0.5, 0.6) is 0 Å². The highest BCUT2D eigenvalue weighted by Crippen LogP contribution is 2.30. The van der Waals surface area contributed by atoms with Crippen LogP contribution in [0.2, 0.25) is 0 Å². The summed E-state index contributed by atoms with van der Waals surface area (Å²) < 4.78 is 0. The molecule has 0 unspecified atom stereocenters. The maximum Gasteiger partial charge on any atom is 0.271 e. The lowest BCUT2D eigenvalue weighted by Crippen LogP contribution is -2.19. The van der Waals surface area contributed by atoms with Gasteiger partial charge in [0.15, 0.2) is 0 Å². The number of anilines is 2. The van der Waals surface area contributed by atoms with E-state index in [9.17, 15) is 9.59 Å². The van der Waals surface area contributed by atoms with Crippen molar-refractivity contribution >= 4 is 28.9 Å². The van der Waals surface area contributed by atoms with E-state index in [1.165, 1.54) is 0 Å². The Kier molecular flexibility index (Phi) is 5.54. The van der Waals surface area contributed by atoms with Crippen molar-refractivity contribution in [1.29, 1.82) is 0 Å². The van der Waals surface area contributed by atoms with Crippen LogP contribution in [0.25, 0.3) is 0 Å². The van der Waals surface area contributed by atoms with Crippen molar-refractivity contribution in [3.63, 3.8) is 0 Å². The Morgan fingerprint density at radius 1 is 0.963 bits per heavy atom. The molecule has 1 fully saturated rings. The van der Waals surface area contributed by atoms with Gasteiger partial charge < -0.3 is 10.2 Å². The molecule has 6 nitrogen and oxygen atoms in total. The van der Waals surface area contributed by atoms with E-state index >= 15 is 0 Å². The largest absolute Gasteiger partial charge is 0.378 e. The number of amides is 2. The molecule has 0 saturated heterocycles. The number of carbonyl (C=O) groups excluding carboxylic acids is 2. The van der Waals surface area contributed by atoms with E-state index in [2.05, 4.69) is 15.8 Å². The molecular formula is C21H24N4O2. The molecule has 2 N–H and O–H groups in total. The minimum absolute atomic E-state index is 0.0840. The van der Waals surface area contributed by atoms with Crippen LogP contribution in [0.1, 0.15) is 35.7 Å². The van der Waals surface area contributed by atoms with Gasteiger partial charge in [-0.25, -0.2) is 5.43 Å². The molecule has 27 heavy (non-hydrogen) atoms. The van der Waals surface area contributed by atoms with Crippen molar-refractivity contribution in [2.75, 3.05) is 24.3 Å². The molecule has 0 radical (unpaired) electrons. The van der Waals surface area contributed by atoms with Gasteiger partial charge in [-0.1, -0.05) is 12.1 Å². The average Bonchev–Trinajstić information content (AvgIpc) is 3.52. The first kappa shape index (κ1) is 18.6. The Morgan fingerprint density at radius 3 is 2.11 bits per heavy atom. The lowest BCUT2D eigenvalue weighted by Gasteiger charge is -2.12. The number of hydrogen-bond donors (Lipinski definition) is 2. The van der Waals surface area contributed by atoms with Crippen molar-refractivity contribution in [3.05, 3.63) is 59.7 Å². The average molecular weight is 364 g/mol. The predicted molar refractivity (Wildman–Crippen MR) is 108 cm³/mol. The quantitative estimate of drug-likeness (QED) is 0.610. The summed E-state index contributed by atoms with van der Waals surface area (Å²) in [5.41, 5.74) is 6.50. The lowest BCUT2D eigenvalue weighted by atomic mass is 10.1. The summed E-state index contributed by atoms with van der Waals surface area (Å²) in [6.07, 6.45) is 1.96. The van der Waals surface area contributed by atoms with Crippen LogP contribution in [-0.2, 0) is 4.79 Å². The first-order valence-corrected chi connectivity index (χ1v) is 8.97. The van der Waals surface area contributed by atoms with Gasteiger partial charge >= 0.3 is 0 Å². The molecule has 140 valence electrons. The smallest absolute Gasteiger partial charge is 0.271 e. The topological polar surface area (TPSA) is 73.8 Å². The Bertz CT molecular complexity index is 851. The molecule has 2 aromatic rings. The Labute approximate surface area is 159 Å². The SMILES string of the molecule is CC(=NNC(=O)c1ccc(N(C)C)cc1)c1ccc(NC(=O)C2CC2)cc1. The summed E-state index contributed by atoms with van der Waals surface area (Å²) in [4.78, 5) is 26.0. The minimum atomic E-state index is -0.257. The van der Waals surface area contributed by atoms with Gasteiger partial charge in [-0.05, 0) is 61.7 Å². The second kappa shape index (κ2) is 8.03. The summed E-state index contributed by atoms with van der Waals surface area (Å²) in [7, 11) is 3.90. The zero-order valence-corrected chi connectivity index (χ0v) is 15.8. The molecule has 0 spiro atoms. The highest BCUT2D eigenvalue weighted by Gasteiger charge is 2.29. The molecular weight excluding hydrogens is 340 g/mol. The minimum Gasteiger partial charge on any atom is -0.378 e. The first-order valence-electron chi connectivity index (χ1n) is 8.97. The van der Waals surface area contributed by atoms with E-state index < -0.39 is 0 Å². The van der Waals surface area contributed by atoms with E-state index in [1.807, 2.05) is 62.3 Å². The van der Waals surface area contributed by atoms with Crippen LogP contribution in [-0.4, -0.2) is 31.6 Å². The van der Waals surface area contributed by atoms with E-state index in [0.29, 0.717) is 11.3 Å². The van der Waals surface area contributed by atoms with Crippen LogP contribution in [0.4, 0.5) is 11.4 Å². The molecule has 2 amide bonds. The van der Waals surface area contributed by atoms with Crippen LogP contribution in [0, 0.1) is 5.92 Å². The second-order valence-corrected chi connectivity index (χ2v) is 6.92. The van der Waals surface area contributed by atoms with Gasteiger partial charge in [0, 0.05) is 37.0 Å². The molecule has 1 aliphatic carbocycles. The van der Waals surface area contributed by atoms with E-state index in [1.54, 1.807) is 12.1 Å². The molecule has 1 aliphatic rings. The van der Waals surface area contributed by atoms with Crippen molar-refractivity contribution in [1.82, 2.24) is 5.43 Å². The lowest BCUT2D eigenvalue weighted by molar-refractivity contribution is -0.117. The fourth-order valence-electron chi connectivity index (χ4n) is 2.56. The van der Waals surface area contributed by atoms with Crippen LogP contribution >= 0.6 is 0 Å². The van der Waals surface area contributed by atoms with Gasteiger partial charge in [-0.3, -0.25) is 9.59 Å². The second-order valence-electron chi connectivity index (χ2n) is 6.92. The van der Waals surface area contributed by atoms with Gasteiger partial charge in [0.05, 0.1) is 5.71 Å². The molecule has 1 saturated carbocycles. The normalized spacial score (nSPS) is 13.8. The third-order valence-electron chi connectivity index (χ3n) is 4.49. The Balaban J connectivity index is 1.59. The summed E-state index contributed by atoms with van der Waals surface area (Å²) in [5, 5.41) is 7.08. The van der Waals surface area contributed by atoms with Crippen molar-refractivity contribution in [3.8, 4) is 0 Å². The van der Waals surface area contributed by atoms with Crippen molar-refractivity contribution in [2.45, 2.75) is 19.8 Å². The molecule has 0 aromatic heterocycles. The van der Waals surface area contributed by atoms with Gasteiger partial charge in [0.1, 0.15) is 0 Å². The Morgan fingerprint density at radius 2 is 1.56 bits per heavy atom. The summed E-state index contributed by atoms with van der Waals surface area (Å²) in [6, 6.07) is 14.8. The molecule has 0 aliphatic heterocycles. The fraction of sp³-hybridized carbons (Fsp3) is 0.286. The molecule has 6 heteroatoms. The Hall–Kier alpha value is -3.15. The standard InChI is InChI=1S/C21H24N4O2/c1-14(15-6-10-18(11-7-15)22-20(26)16-4-5-16)23-24-21(27)17-8-12-19(13-9-17)25(2)3/h6-13,16H,4-5H2,1-3H3,(H,22,26)(H,24,27). The molecule has 2 aromatic carbocycles. The van der Waals surface area contributed by atoms with E-state index in [4.69, 9.17) is 0 Å². The maximum absolute atomic E-state index is 12.2. The highest BCUT2D eigenvalue weighted by atomic mass is 16.2. The van der Waals surface area contributed by atoms with Gasteiger partial charge in [-0.2, -0.15) is 5.10 Å². The van der Waals surface area contributed by atoms with Crippen LogP contribution < -0.4 is 15.6 Å². The number of carbonyl (C=O) groups is 2. The first-order chi connectivity index (χ1) is 12.9. The number of nitrogens with one attached hydrogen (secondary N) is 2. The van der Waals surface area contributed by atoms with Gasteiger partial charge in [-0.15, -0.1) is 0 Å². The third-order valence-corrected chi connectivity index (χ3v) is 4.49. The summed E-state index contributed by atoms with van der Waals surface area (Å²) in [6.45, 7) is 1.83.